The summed E-state index contributed by atoms with van der Waals surface area (Å²) in [4.78, 5) is 0. The van der Waals surface area contributed by atoms with E-state index >= 15 is 0 Å². The first kappa shape index (κ1) is 31.5. The number of benzene rings is 8. The Hall–Kier alpha value is -5.12. The molecule has 0 aliphatic carbocycles. The summed E-state index contributed by atoms with van der Waals surface area (Å²) in [5.74, 6) is 0. The van der Waals surface area contributed by atoms with Gasteiger partial charge in [0, 0.05) is 0 Å². The zero-order valence-corrected chi connectivity index (χ0v) is 28.5. The number of fused-ring (bicyclic) bond motifs is 1. The van der Waals surface area contributed by atoms with Crippen molar-refractivity contribution in [2.24, 2.45) is 0 Å². The van der Waals surface area contributed by atoms with E-state index < -0.39 is 15.8 Å². The number of hydrogen-bond donors (Lipinski definition) is 0. The van der Waals surface area contributed by atoms with Crippen molar-refractivity contribution in [1.82, 2.24) is 0 Å². The highest BCUT2D eigenvalue weighted by molar-refractivity contribution is 7.80. The van der Waals surface area contributed by atoms with Gasteiger partial charge >= 0.3 is 0 Å². The Kier molecular flexibility index (Phi) is 10.3. The van der Waals surface area contributed by atoms with Crippen molar-refractivity contribution >= 4 is 58.4 Å². The highest BCUT2D eigenvalue weighted by atomic mass is 31.1. The molecule has 0 unspecified atom stereocenters. The van der Waals surface area contributed by atoms with Crippen molar-refractivity contribution in [1.29, 1.82) is 0 Å². The molecule has 0 N–H and O–H groups in total. The van der Waals surface area contributed by atoms with Crippen LogP contribution in [-0.4, -0.2) is 0 Å². The highest BCUT2D eigenvalue weighted by Gasteiger charge is 2.24. The average molecular weight is 651 g/mol. The van der Waals surface area contributed by atoms with E-state index in [1.807, 2.05) is 0 Å². The molecule has 0 aliphatic rings. The lowest BCUT2D eigenvalue weighted by molar-refractivity contribution is 1.67. The Morgan fingerprint density at radius 1 is 0.208 bits per heavy atom. The van der Waals surface area contributed by atoms with Crippen molar-refractivity contribution in [3.63, 3.8) is 0 Å². The van der Waals surface area contributed by atoms with Crippen LogP contribution in [0.15, 0.2) is 218 Å². The third-order valence-electron chi connectivity index (χ3n) is 8.30. The van der Waals surface area contributed by atoms with Crippen molar-refractivity contribution < 1.29 is 0 Å². The Bertz CT molecular complexity index is 1910. The molecule has 8 aromatic rings. The Morgan fingerprint density at radius 2 is 0.438 bits per heavy atom. The second-order valence-corrected chi connectivity index (χ2v) is 15.8. The van der Waals surface area contributed by atoms with Crippen molar-refractivity contribution in [3.8, 4) is 11.1 Å². The minimum absolute atomic E-state index is 0.723. The Balaban J connectivity index is 0.000000310. The van der Waals surface area contributed by atoms with Crippen LogP contribution in [0.1, 0.15) is 0 Å². The van der Waals surface area contributed by atoms with Crippen LogP contribution in [0.25, 0.3) is 21.9 Å². The lowest BCUT2D eigenvalue weighted by Crippen LogP contribution is -2.25. The molecule has 48 heavy (non-hydrogen) atoms. The van der Waals surface area contributed by atoms with E-state index in [9.17, 15) is 0 Å². The van der Waals surface area contributed by atoms with Gasteiger partial charge in [0.25, 0.3) is 0 Å². The van der Waals surface area contributed by atoms with Crippen LogP contribution in [0.2, 0.25) is 0 Å². The standard InChI is InChI=1S/C36H28P2.C10H8/c1-5-17-29(18-6-1)37(30-19-7-2-8-20-30)35-27-15-13-25-33(35)34-26-14-16-28-36(34)38(31-21-9-3-10-22-31)32-23-11-4-12-24-32;1-2-6-10-8-4-3-7-9(10)5-1/h1-28H;1-8H. The predicted octanol–water partition coefficient (Wildman–Crippen LogP) is 9.71. The molecule has 0 spiro atoms. The maximum atomic E-state index is 2.34. The van der Waals surface area contributed by atoms with Gasteiger partial charge in [0.05, 0.1) is 0 Å². The van der Waals surface area contributed by atoms with E-state index in [0.29, 0.717) is 0 Å². The summed E-state index contributed by atoms with van der Waals surface area (Å²) in [5, 5.41) is 10.9. The fraction of sp³-hybridized carbons (Fsp3) is 0. The van der Waals surface area contributed by atoms with Gasteiger partial charge in [0.2, 0.25) is 0 Å². The SMILES string of the molecule is c1ccc(P(c2ccccc2)c2ccccc2-c2ccccc2P(c2ccccc2)c2ccccc2)cc1.c1ccc2ccccc2c1. The molecule has 8 rings (SSSR count). The summed E-state index contributed by atoms with van der Waals surface area (Å²) < 4.78 is 0. The monoisotopic (exact) mass is 650 g/mol. The summed E-state index contributed by atoms with van der Waals surface area (Å²) in [6.07, 6.45) is 0. The van der Waals surface area contributed by atoms with Crippen molar-refractivity contribution in [2.75, 3.05) is 0 Å². The van der Waals surface area contributed by atoms with Gasteiger partial charge in [-0.15, -0.1) is 0 Å². The van der Waals surface area contributed by atoms with E-state index in [0.717, 1.165) is 0 Å². The maximum absolute atomic E-state index is 2.34. The average Bonchev–Trinajstić information content (AvgIpc) is 3.18. The Morgan fingerprint density at radius 3 is 0.729 bits per heavy atom. The van der Waals surface area contributed by atoms with E-state index in [4.69, 9.17) is 0 Å². The molecule has 0 aliphatic heterocycles. The zero-order chi connectivity index (χ0) is 32.4. The van der Waals surface area contributed by atoms with Gasteiger partial charge in [-0.2, -0.15) is 0 Å². The van der Waals surface area contributed by atoms with Gasteiger partial charge < -0.3 is 0 Å². The fourth-order valence-electron chi connectivity index (χ4n) is 6.09. The maximum Gasteiger partial charge on any atom is -0.00724 e. The molecule has 0 aromatic heterocycles. The summed E-state index contributed by atoms with van der Waals surface area (Å²) in [6, 6.07) is 78.7. The molecule has 0 saturated carbocycles. The van der Waals surface area contributed by atoms with Crippen LogP contribution in [0, 0.1) is 0 Å². The van der Waals surface area contributed by atoms with Gasteiger partial charge in [0.15, 0.2) is 0 Å². The molecule has 0 atom stereocenters. The van der Waals surface area contributed by atoms with Crippen LogP contribution < -0.4 is 31.8 Å². The zero-order valence-electron chi connectivity index (χ0n) is 26.7. The summed E-state index contributed by atoms with van der Waals surface area (Å²) in [6.45, 7) is 0. The van der Waals surface area contributed by atoms with E-state index in [1.54, 1.807) is 0 Å². The van der Waals surface area contributed by atoms with Crippen molar-refractivity contribution in [2.45, 2.75) is 0 Å². The first-order valence-corrected chi connectivity index (χ1v) is 19.0. The normalized spacial score (nSPS) is 10.9. The van der Waals surface area contributed by atoms with Crippen LogP contribution in [0.4, 0.5) is 0 Å². The predicted molar refractivity (Wildman–Crippen MR) is 213 cm³/mol. The third-order valence-corrected chi connectivity index (χ3v) is 13.3. The molecule has 0 saturated heterocycles. The molecule has 2 heteroatoms. The van der Waals surface area contributed by atoms with Crippen molar-refractivity contribution in [3.05, 3.63) is 218 Å². The molecule has 0 fully saturated rings. The van der Waals surface area contributed by atoms with Gasteiger partial charge in [-0.25, -0.2) is 0 Å². The largest absolute Gasteiger partial charge is 0.0622 e. The topological polar surface area (TPSA) is 0 Å². The van der Waals surface area contributed by atoms with Crippen LogP contribution in [0.3, 0.4) is 0 Å². The minimum Gasteiger partial charge on any atom is -0.0622 e. The lowest BCUT2D eigenvalue weighted by atomic mass is 10.1. The van der Waals surface area contributed by atoms with Gasteiger partial charge in [0.1, 0.15) is 0 Å². The molecule has 230 valence electrons. The third kappa shape index (κ3) is 7.22. The van der Waals surface area contributed by atoms with E-state index in [1.165, 1.54) is 53.7 Å². The van der Waals surface area contributed by atoms with Crippen LogP contribution in [-0.2, 0) is 0 Å². The molecule has 0 nitrogen and oxygen atoms in total. The quantitative estimate of drug-likeness (QED) is 0.151. The smallest absolute Gasteiger partial charge is 0.00724 e. The second kappa shape index (κ2) is 15.6. The van der Waals surface area contributed by atoms with Gasteiger partial charge in [-0.1, -0.05) is 218 Å². The van der Waals surface area contributed by atoms with Gasteiger partial charge in [-0.05, 0) is 69.6 Å². The molecular formula is C46H36P2. The fourth-order valence-corrected chi connectivity index (χ4v) is 11.0. The summed E-state index contributed by atoms with van der Waals surface area (Å²) in [5.41, 5.74) is 2.64. The molecule has 8 aromatic carbocycles. The molecule has 0 bridgehead atoms. The first-order valence-electron chi connectivity index (χ1n) is 16.3. The van der Waals surface area contributed by atoms with E-state index in [-0.39, 0.29) is 0 Å². The molecule has 0 heterocycles. The summed E-state index contributed by atoms with van der Waals surface area (Å²) in [7, 11) is -1.45. The van der Waals surface area contributed by atoms with Gasteiger partial charge in [-0.3, -0.25) is 0 Å². The molecule has 0 amide bonds. The highest BCUT2D eigenvalue weighted by Crippen LogP contribution is 2.40. The van der Waals surface area contributed by atoms with Crippen LogP contribution >= 0.6 is 15.8 Å². The Labute approximate surface area is 286 Å². The number of hydrogen-bond acceptors (Lipinski definition) is 0. The lowest BCUT2D eigenvalue weighted by Gasteiger charge is -2.26. The minimum atomic E-state index is -0.723. The summed E-state index contributed by atoms with van der Waals surface area (Å²) >= 11 is 0. The molecular weight excluding hydrogens is 614 g/mol. The number of rotatable bonds is 7. The molecule has 0 radical (unpaired) electrons. The second-order valence-electron chi connectivity index (χ2n) is 11.4. The first-order chi connectivity index (χ1) is 23.9. The van der Waals surface area contributed by atoms with E-state index in [2.05, 4.69) is 218 Å². The van der Waals surface area contributed by atoms with Crippen LogP contribution in [0.5, 0.6) is 0 Å².